The minimum atomic E-state index is -5.66. The van der Waals surface area contributed by atoms with E-state index in [-0.39, 0.29) is 45.6 Å². The van der Waals surface area contributed by atoms with Gasteiger partial charge in [0.25, 0.3) is 5.91 Å². The fourth-order valence-electron chi connectivity index (χ4n) is 7.43. The van der Waals surface area contributed by atoms with Crippen molar-refractivity contribution in [1.29, 1.82) is 0 Å². The standard InChI is InChI=1S/C42H43F2N6O10P/c43-42(44,61(56,59-25-57-40(54)28-9-3-1-4-10-28)60-26-58-41(55)29-11-5-2-6-12-29)31-15-17-33-30(21-31)22-35(48-33)37(51)49-34-14-8-7-13-32-16-18-36(50(32)39(34)53)38(52)45-20-19-27-23-46-47-24-27/h1-6,9-12,15,17,21-24,32,34,36,48H,7-8,13-14,16,18-20,25-26H2,(H,45,52)(H,46,47)(H,49,51)/t32?,34-,36-/m0/s1. The maximum absolute atomic E-state index is 16.4. The zero-order valence-corrected chi connectivity index (χ0v) is 33.6. The summed E-state index contributed by atoms with van der Waals surface area (Å²) in [5.41, 5.74) is -3.99. The van der Waals surface area contributed by atoms with Gasteiger partial charge in [-0.1, -0.05) is 55.3 Å². The van der Waals surface area contributed by atoms with Gasteiger partial charge in [0.2, 0.25) is 25.4 Å². The molecule has 2 fully saturated rings. The number of amides is 3. The van der Waals surface area contributed by atoms with Crippen molar-refractivity contribution < 1.29 is 55.8 Å². The van der Waals surface area contributed by atoms with Crippen LogP contribution in [-0.4, -0.2) is 88.0 Å². The molecular formula is C42H43F2N6O10P. The van der Waals surface area contributed by atoms with E-state index >= 15 is 8.78 Å². The lowest BCUT2D eigenvalue weighted by Gasteiger charge is -2.35. The number of benzene rings is 3. The van der Waals surface area contributed by atoms with Crippen molar-refractivity contribution in [2.75, 3.05) is 20.1 Å². The second kappa shape index (κ2) is 19.0. The van der Waals surface area contributed by atoms with E-state index < -0.39 is 62.3 Å². The number of rotatable bonds is 16. The Labute approximate surface area is 348 Å². The van der Waals surface area contributed by atoms with Crippen molar-refractivity contribution in [1.82, 2.24) is 30.7 Å². The molecule has 2 aliphatic rings. The van der Waals surface area contributed by atoms with Crippen LogP contribution in [0.3, 0.4) is 0 Å². The van der Waals surface area contributed by atoms with Gasteiger partial charge in [-0.05, 0) is 80.1 Å². The summed E-state index contributed by atoms with van der Waals surface area (Å²) in [6.07, 6.45) is 7.64. The number of alkyl halides is 2. The fraction of sp³-hybridized carbons (Fsp3) is 0.333. The van der Waals surface area contributed by atoms with E-state index in [1.54, 1.807) is 53.7 Å². The number of esters is 2. The van der Waals surface area contributed by atoms with E-state index in [0.29, 0.717) is 38.6 Å². The molecule has 61 heavy (non-hydrogen) atoms. The molecule has 7 rings (SSSR count). The summed E-state index contributed by atoms with van der Waals surface area (Å²) in [5.74, 6) is -3.22. The topological polar surface area (TPSA) is 211 Å². The van der Waals surface area contributed by atoms with E-state index in [4.69, 9.17) is 18.5 Å². The van der Waals surface area contributed by atoms with Gasteiger partial charge in [0.05, 0.1) is 17.3 Å². The minimum absolute atomic E-state index is 0.0480. The Morgan fingerprint density at radius 3 is 2.15 bits per heavy atom. The molecule has 3 amide bonds. The minimum Gasteiger partial charge on any atom is -0.434 e. The monoisotopic (exact) mass is 860 g/mol. The molecule has 2 saturated heterocycles. The van der Waals surface area contributed by atoms with Gasteiger partial charge in [-0.15, -0.1) is 0 Å². The Morgan fingerprint density at radius 1 is 0.852 bits per heavy atom. The molecule has 1 unspecified atom stereocenters. The fourth-order valence-corrected chi connectivity index (χ4v) is 8.67. The lowest BCUT2D eigenvalue weighted by Crippen LogP contribution is -2.56. The smallest absolute Gasteiger partial charge is 0.410 e. The van der Waals surface area contributed by atoms with E-state index in [2.05, 4.69) is 25.8 Å². The molecule has 3 atom stereocenters. The lowest BCUT2D eigenvalue weighted by molar-refractivity contribution is -0.142. The van der Waals surface area contributed by atoms with Crippen molar-refractivity contribution in [3.63, 3.8) is 0 Å². The van der Waals surface area contributed by atoms with Crippen LogP contribution in [0.4, 0.5) is 8.78 Å². The van der Waals surface area contributed by atoms with Crippen LogP contribution in [0.25, 0.3) is 10.9 Å². The molecule has 2 aliphatic heterocycles. The van der Waals surface area contributed by atoms with E-state index in [0.717, 1.165) is 30.5 Å². The summed E-state index contributed by atoms with van der Waals surface area (Å²) in [4.78, 5) is 70.4. The van der Waals surface area contributed by atoms with Crippen molar-refractivity contribution in [2.45, 2.75) is 68.7 Å². The first-order valence-electron chi connectivity index (χ1n) is 19.7. The molecular weight excluding hydrogens is 817 g/mol. The van der Waals surface area contributed by atoms with Crippen LogP contribution in [-0.2, 0) is 44.8 Å². The third kappa shape index (κ3) is 9.88. The van der Waals surface area contributed by atoms with Crippen LogP contribution in [0.1, 0.15) is 80.9 Å². The first kappa shape index (κ1) is 42.9. The lowest BCUT2D eigenvalue weighted by atomic mass is 9.99. The predicted molar refractivity (Wildman–Crippen MR) is 214 cm³/mol. The average molecular weight is 861 g/mol. The average Bonchev–Trinajstić information content (AvgIpc) is 4.05. The van der Waals surface area contributed by atoms with Gasteiger partial charge >= 0.3 is 25.2 Å². The van der Waals surface area contributed by atoms with E-state index in [1.165, 1.54) is 36.4 Å². The highest BCUT2D eigenvalue weighted by molar-refractivity contribution is 7.54. The first-order chi connectivity index (χ1) is 29.4. The summed E-state index contributed by atoms with van der Waals surface area (Å²) < 4.78 is 66.6. The molecule has 0 saturated carbocycles. The molecule has 19 heteroatoms. The second-order valence-corrected chi connectivity index (χ2v) is 16.6. The number of carbonyl (C=O) groups excluding carboxylic acids is 5. The van der Waals surface area contributed by atoms with Crippen molar-refractivity contribution in [2.24, 2.45) is 0 Å². The van der Waals surface area contributed by atoms with Crippen molar-refractivity contribution in [3.8, 4) is 0 Å². The Balaban J connectivity index is 1.05. The second-order valence-electron chi connectivity index (χ2n) is 14.6. The maximum Gasteiger partial charge on any atom is 0.410 e. The zero-order valence-electron chi connectivity index (χ0n) is 32.7. The Bertz CT molecular complexity index is 2340. The number of halogens is 2. The number of H-pyrrole nitrogens is 2. The van der Waals surface area contributed by atoms with Crippen LogP contribution >= 0.6 is 7.60 Å². The van der Waals surface area contributed by atoms with Gasteiger partial charge in [-0.25, -0.2) is 9.59 Å². The number of ether oxygens (including phenoxy) is 2. The SMILES string of the molecule is O=C(OCOP(=O)(OCOC(=O)c1ccccc1)C(F)(F)c1ccc2[nH]c(C(=O)N[C@H]3CCCCC4CC[C@@H](C(=O)NCCc5cn[nH]c5)N4C3=O)cc2c1)c1ccccc1. The van der Waals surface area contributed by atoms with E-state index in [9.17, 15) is 28.5 Å². The first-order valence-corrected chi connectivity index (χ1v) is 21.2. The van der Waals surface area contributed by atoms with Crippen molar-refractivity contribution >= 4 is 48.2 Å². The number of nitrogens with zero attached hydrogens (tertiary/aromatic N) is 2. The summed E-state index contributed by atoms with van der Waals surface area (Å²) in [7, 11) is -5.66. The highest BCUT2D eigenvalue weighted by Gasteiger charge is 2.56. The number of aromatic amines is 2. The summed E-state index contributed by atoms with van der Waals surface area (Å²) in [6.45, 7) is -2.05. The molecule has 4 heterocycles. The van der Waals surface area contributed by atoms with E-state index in [1.807, 2.05) is 0 Å². The molecule has 4 N–H and O–H groups in total. The Kier molecular flexibility index (Phi) is 13.4. The number of nitrogens with one attached hydrogen (secondary N) is 4. The summed E-state index contributed by atoms with van der Waals surface area (Å²) in [5, 5.41) is 12.5. The van der Waals surface area contributed by atoms with Crippen LogP contribution in [0.5, 0.6) is 0 Å². The molecule has 0 aliphatic carbocycles. The van der Waals surface area contributed by atoms with Crippen LogP contribution < -0.4 is 10.6 Å². The summed E-state index contributed by atoms with van der Waals surface area (Å²) >= 11 is 0. The third-order valence-electron chi connectivity index (χ3n) is 10.6. The Hall–Kier alpha value is -6.23. The quantitative estimate of drug-likeness (QED) is 0.0500. The van der Waals surface area contributed by atoms with Crippen molar-refractivity contribution in [3.05, 3.63) is 125 Å². The normalized spacial score (nSPS) is 18.2. The molecule has 3 aromatic carbocycles. The molecule has 0 spiro atoms. The molecule has 0 radical (unpaired) electrons. The third-order valence-corrected chi connectivity index (χ3v) is 12.4. The molecule has 0 bridgehead atoms. The van der Waals surface area contributed by atoms with Crippen LogP contribution in [0, 0.1) is 0 Å². The molecule has 320 valence electrons. The molecule has 5 aromatic rings. The van der Waals surface area contributed by atoms with Gasteiger partial charge in [0.15, 0.2) is 0 Å². The molecule has 16 nitrogen and oxygen atoms in total. The summed E-state index contributed by atoms with van der Waals surface area (Å²) in [6, 6.07) is 17.8. The maximum atomic E-state index is 16.4. The van der Waals surface area contributed by atoms with Gasteiger partial charge < -0.3 is 30.0 Å². The van der Waals surface area contributed by atoms with Gasteiger partial charge in [-0.3, -0.25) is 33.1 Å². The molecule has 2 aromatic heterocycles. The largest absolute Gasteiger partial charge is 0.434 e. The van der Waals surface area contributed by atoms with Crippen LogP contribution in [0.2, 0.25) is 0 Å². The number of fused-ring (bicyclic) bond motifs is 2. The number of carbonyl (C=O) groups is 5. The van der Waals surface area contributed by atoms with Gasteiger partial charge in [0.1, 0.15) is 17.8 Å². The highest BCUT2D eigenvalue weighted by Crippen LogP contribution is 2.67. The zero-order chi connectivity index (χ0) is 43.0. The highest BCUT2D eigenvalue weighted by atomic mass is 31.2. The number of hydrogen-bond acceptors (Lipinski definition) is 11. The van der Waals surface area contributed by atoms with Crippen LogP contribution in [0.15, 0.2) is 97.3 Å². The van der Waals surface area contributed by atoms with Gasteiger partial charge in [0, 0.05) is 35.2 Å². The number of hydrogen-bond donors (Lipinski definition) is 4. The predicted octanol–water partition coefficient (Wildman–Crippen LogP) is 6.19. The van der Waals surface area contributed by atoms with Gasteiger partial charge in [-0.2, -0.15) is 13.9 Å². The number of aromatic nitrogens is 3. The Morgan fingerprint density at radius 2 is 1.51 bits per heavy atom.